The average Bonchev–Trinajstić information content (AvgIpc) is 3.36. The maximum atomic E-state index is 12.7. The molecule has 2 atom stereocenters. The van der Waals surface area contributed by atoms with Crippen molar-refractivity contribution in [1.29, 1.82) is 0 Å². The van der Waals surface area contributed by atoms with E-state index in [2.05, 4.69) is 10.2 Å². The molecule has 0 spiro atoms. The number of nitrogens with one attached hydrogen (secondary N) is 1. The number of carbonyl (C=O) groups is 2. The lowest BCUT2D eigenvalue weighted by Crippen LogP contribution is -2.45. The molecule has 1 aliphatic carbocycles. The average molecular weight is 369 g/mol. The molecule has 0 radical (unpaired) electrons. The van der Waals surface area contributed by atoms with Gasteiger partial charge in [0.15, 0.2) is 5.78 Å². The van der Waals surface area contributed by atoms with Gasteiger partial charge in [0.1, 0.15) is 6.54 Å². The van der Waals surface area contributed by atoms with Crippen molar-refractivity contribution in [3.05, 3.63) is 36.0 Å². The molecule has 6 heteroatoms. The second-order valence-corrected chi connectivity index (χ2v) is 7.72. The summed E-state index contributed by atoms with van der Waals surface area (Å²) in [5, 5.41) is 4.06. The smallest absolute Gasteiger partial charge is 0.240 e. The number of nitrogens with zero attached hydrogens (tertiary/aromatic N) is 2. The fraction of sp³-hybridized carbons (Fsp3) is 0.524. The van der Waals surface area contributed by atoms with E-state index in [9.17, 15) is 9.59 Å². The molecule has 27 heavy (non-hydrogen) atoms. The van der Waals surface area contributed by atoms with E-state index in [0.29, 0.717) is 6.61 Å². The van der Waals surface area contributed by atoms with Crippen molar-refractivity contribution in [2.45, 2.75) is 38.5 Å². The third-order valence-corrected chi connectivity index (χ3v) is 5.49. The van der Waals surface area contributed by atoms with Gasteiger partial charge in [-0.3, -0.25) is 9.59 Å². The predicted octanol–water partition coefficient (Wildman–Crippen LogP) is 2.07. The van der Waals surface area contributed by atoms with Gasteiger partial charge in [0.05, 0.1) is 12.1 Å². The van der Waals surface area contributed by atoms with Crippen LogP contribution in [0, 0.1) is 5.92 Å². The molecule has 2 aliphatic rings. The lowest BCUT2D eigenvalue weighted by atomic mass is 10.1. The van der Waals surface area contributed by atoms with Crippen molar-refractivity contribution in [2.75, 3.05) is 26.7 Å². The number of rotatable bonds is 7. The summed E-state index contributed by atoms with van der Waals surface area (Å²) >= 11 is 0. The van der Waals surface area contributed by atoms with Crippen LogP contribution in [0.15, 0.2) is 30.5 Å². The molecule has 1 amide bonds. The first-order valence-electron chi connectivity index (χ1n) is 9.78. The van der Waals surface area contributed by atoms with E-state index in [1.165, 1.54) is 0 Å². The van der Waals surface area contributed by atoms with Crippen LogP contribution in [-0.2, 0) is 16.1 Å². The van der Waals surface area contributed by atoms with Crippen molar-refractivity contribution in [2.24, 2.45) is 5.92 Å². The molecule has 0 bridgehead atoms. The molecule has 4 rings (SSSR count). The molecule has 6 nitrogen and oxygen atoms in total. The monoisotopic (exact) mass is 369 g/mol. The summed E-state index contributed by atoms with van der Waals surface area (Å²) in [6, 6.07) is 7.82. The Labute approximate surface area is 159 Å². The summed E-state index contributed by atoms with van der Waals surface area (Å²) in [5.41, 5.74) is 1.68. The zero-order valence-corrected chi connectivity index (χ0v) is 16.0. The highest BCUT2D eigenvalue weighted by atomic mass is 16.5. The molecule has 2 heterocycles. The minimum atomic E-state index is -0.0498. The second-order valence-electron chi connectivity index (χ2n) is 7.72. The number of para-hydroxylation sites is 1. The number of amides is 1. The number of ether oxygens (including phenoxy) is 1. The van der Waals surface area contributed by atoms with E-state index in [1.807, 2.05) is 49.0 Å². The maximum absolute atomic E-state index is 12.7. The Morgan fingerprint density at radius 3 is 2.74 bits per heavy atom. The van der Waals surface area contributed by atoms with Crippen molar-refractivity contribution in [3.63, 3.8) is 0 Å². The number of carbonyl (C=O) groups excluding carboxylic acids is 2. The van der Waals surface area contributed by atoms with Crippen LogP contribution < -0.4 is 5.32 Å². The number of aromatic nitrogens is 1. The third-order valence-electron chi connectivity index (χ3n) is 5.49. The van der Waals surface area contributed by atoms with Crippen molar-refractivity contribution < 1.29 is 14.3 Å². The van der Waals surface area contributed by atoms with Crippen molar-refractivity contribution >= 4 is 22.6 Å². The highest BCUT2D eigenvalue weighted by molar-refractivity contribution is 6.10. The molecule has 0 unspecified atom stereocenters. The normalized spacial score (nSPS) is 23.0. The number of likely N-dealkylation sites (N-methyl/N-ethyl adjacent to an activating group) is 1. The highest BCUT2D eigenvalue weighted by Gasteiger charge is 2.34. The number of benzene rings is 1. The van der Waals surface area contributed by atoms with Gasteiger partial charge in [-0.2, -0.15) is 0 Å². The van der Waals surface area contributed by atoms with Gasteiger partial charge >= 0.3 is 0 Å². The van der Waals surface area contributed by atoms with E-state index in [4.69, 9.17) is 4.74 Å². The first-order chi connectivity index (χ1) is 13.1. The van der Waals surface area contributed by atoms with Gasteiger partial charge in [0, 0.05) is 48.3 Å². The number of hydrogen-bond donors (Lipinski definition) is 1. The lowest BCUT2D eigenvalue weighted by Gasteiger charge is -2.20. The number of ketones is 1. The van der Waals surface area contributed by atoms with Crippen LogP contribution in [0.3, 0.4) is 0 Å². The molecule has 1 aromatic heterocycles. The molecule has 1 saturated heterocycles. The Bertz CT molecular complexity index is 855. The van der Waals surface area contributed by atoms with Gasteiger partial charge in [-0.25, -0.2) is 0 Å². The van der Waals surface area contributed by atoms with E-state index >= 15 is 0 Å². The SMILES string of the molecule is CCO[C@H]1CN(C)C[C@@H]1NC(=O)Cn1cc(C(=O)C2CC2)c2ccccc21. The fourth-order valence-corrected chi connectivity index (χ4v) is 4.03. The summed E-state index contributed by atoms with van der Waals surface area (Å²) in [6.45, 7) is 4.43. The maximum Gasteiger partial charge on any atom is 0.240 e. The molecule has 2 aromatic rings. The number of likely N-dealkylation sites (tertiary alicyclic amines) is 1. The minimum absolute atomic E-state index is 0.00292. The van der Waals surface area contributed by atoms with Crippen LogP contribution in [0.5, 0.6) is 0 Å². The number of Topliss-reactive ketones (excluding diaryl/α,β-unsaturated/α-hetero) is 1. The quantitative estimate of drug-likeness (QED) is 0.759. The first-order valence-corrected chi connectivity index (χ1v) is 9.78. The molecule has 144 valence electrons. The first kappa shape index (κ1) is 18.2. The zero-order chi connectivity index (χ0) is 19.0. The summed E-state index contributed by atoms with van der Waals surface area (Å²) in [4.78, 5) is 27.5. The van der Waals surface area contributed by atoms with Gasteiger partial charge in [0.2, 0.25) is 5.91 Å². The van der Waals surface area contributed by atoms with Crippen LogP contribution in [0.25, 0.3) is 10.9 Å². The Morgan fingerprint density at radius 2 is 2.00 bits per heavy atom. The van der Waals surface area contributed by atoms with E-state index in [0.717, 1.165) is 42.4 Å². The molecular weight excluding hydrogens is 342 g/mol. The zero-order valence-electron chi connectivity index (χ0n) is 16.0. The molecule has 2 fully saturated rings. The molecular formula is C21H27N3O3. The standard InChI is InChI=1S/C21H27N3O3/c1-3-27-19-12-23(2)11-17(19)22-20(25)13-24-10-16(21(26)14-8-9-14)15-6-4-5-7-18(15)24/h4-7,10,14,17,19H,3,8-9,11-13H2,1-2H3,(H,22,25)/t17-,19-/m0/s1. The predicted molar refractivity (Wildman–Crippen MR) is 104 cm³/mol. The van der Waals surface area contributed by atoms with Gasteiger partial charge in [-0.15, -0.1) is 0 Å². The van der Waals surface area contributed by atoms with E-state index < -0.39 is 0 Å². The van der Waals surface area contributed by atoms with Gasteiger partial charge in [-0.1, -0.05) is 18.2 Å². The van der Waals surface area contributed by atoms with E-state index in [1.54, 1.807) is 0 Å². The van der Waals surface area contributed by atoms with Crippen molar-refractivity contribution in [1.82, 2.24) is 14.8 Å². The minimum Gasteiger partial charge on any atom is -0.375 e. The van der Waals surface area contributed by atoms with E-state index in [-0.39, 0.29) is 36.3 Å². The number of fused-ring (bicyclic) bond motifs is 1. The van der Waals surface area contributed by atoms with Crippen LogP contribution in [0.2, 0.25) is 0 Å². The summed E-state index contributed by atoms with van der Waals surface area (Å²) in [7, 11) is 2.04. The van der Waals surface area contributed by atoms with Crippen LogP contribution in [0.4, 0.5) is 0 Å². The largest absolute Gasteiger partial charge is 0.375 e. The fourth-order valence-electron chi connectivity index (χ4n) is 4.03. The second kappa shape index (κ2) is 7.44. The highest BCUT2D eigenvalue weighted by Crippen LogP contribution is 2.35. The topological polar surface area (TPSA) is 63.6 Å². The van der Waals surface area contributed by atoms with Crippen LogP contribution in [-0.4, -0.2) is 60.0 Å². The summed E-state index contributed by atoms with van der Waals surface area (Å²) in [5.74, 6) is 0.324. The van der Waals surface area contributed by atoms with Gasteiger partial charge in [-0.05, 0) is 32.9 Å². The van der Waals surface area contributed by atoms with Gasteiger partial charge in [0.25, 0.3) is 0 Å². The molecule has 1 aliphatic heterocycles. The summed E-state index contributed by atoms with van der Waals surface area (Å²) in [6.07, 6.45) is 3.84. The van der Waals surface area contributed by atoms with Crippen LogP contribution >= 0.6 is 0 Å². The lowest BCUT2D eigenvalue weighted by molar-refractivity contribution is -0.123. The Morgan fingerprint density at radius 1 is 1.22 bits per heavy atom. The van der Waals surface area contributed by atoms with Gasteiger partial charge < -0.3 is 19.5 Å². The molecule has 1 N–H and O–H groups in total. The third kappa shape index (κ3) is 3.77. The van der Waals surface area contributed by atoms with Crippen molar-refractivity contribution in [3.8, 4) is 0 Å². The Kier molecular flexibility index (Phi) is 5.02. The Balaban J connectivity index is 1.51. The number of hydrogen-bond acceptors (Lipinski definition) is 4. The van der Waals surface area contributed by atoms with Crippen LogP contribution in [0.1, 0.15) is 30.1 Å². The molecule has 1 aromatic carbocycles. The molecule has 1 saturated carbocycles. The Hall–Kier alpha value is -2.18. The summed E-state index contributed by atoms with van der Waals surface area (Å²) < 4.78 is 7.67.